The molecule has 17 heavy (non-hydrogen) atoms. The minimum atomic E-state index is -1.16. The van der Waals surface area contributed by atoms with Crippen molar-refractivity contribution in [1.29, 1.82) is 0 Å². The van der Waals surface area contributed by atoms with Crippen LogP contribution < -0.4 is 0 Å². The lowest BCUT2D eigenvalue weighted by Crippen LogP contribution is -1.98. The summed E-state index contributed by atoms with van der Waals surface area (Å²) in [4.78, 5) is 15.0. The van der Waals surface area contributed by atoms with Gasteiger partial charge in [0.05, 0.1) is 11.3 Å². The lowest BCUT2D eigenvalue weighted by molar-refractivity contribution is 0.0661. The van der Waals surface area contributed by atoms with E-state index < -0.39 is 5.97 Å². The number of benzene rings is 1. The third-order valence-electron chi connectivity index (χ3n) is 2.36. The zero-order valence-corrected chi connectivity index (χ0v) is 9.17. The lowest BCUT2D eigenvalue weighted by atomic mass is 10.2. The number of hydrogen-bond acceptors (Lipinski definition) is 4. The molecule has 0 aliphatic carbocycles. The summed E-state index contributed by atoms with van der Waals surface area (Å²) in [5.74, 6) is -1.20. The van der Waals surface area contributed by atoms with Gasteiger partial charge in [0.15, 0.2) is 0 Å². The van der Waals surface area contributed by atoms with E-state index in [1.165, 1.54) is 6.07 Å². The number of para-hydroxylation sites is 1. The quantitative estimate of drug-likeness (QED) is 0.849. The number of phenolic OH excluding ortho intramolecular Hbond substituents is 1. The Labute approximate surface area is 97.3 Å². The van der Waals surface area contributed by atoms with E-state index in [9.17, 15) is 9.90 Å². The molecule has 0 aliphatic heterocycles. The first-order valence-corrected chi connectivity index (χ1v) is 5.14. The highest BCUT2D eigenvalue weighted by Crippen LogP contribution is 2.29. The van der Waals surface area contributed by atoms with E-state index in [0.29, 0.717) is 17.7 Å². The molecule has 5 heteroatoms. The highest BCUT2D eigenvalue weighted by atomic mass is 16.4. The third-order valence-corrected chi connectivity index (χ3v) is 2.36. The number of aromatic carboxylic acids is 1. The van der Waals surface area contributed by atoms with Gasteiger partial charge in [0, 0.05) is 0 Å². The molecule has 0 bridgehead atoms. The first-order chi connectivity index (χ1) is 8.13. The number of nitrogens with zero attached hydrogens (tertiary/aromatic N) is 1. The monoisotopic (exact) mass is 233 g/mol. The predicted octanol–water partition coefficient (Wildman–Crippen LogP) is 2.31. The molecule has 0 radical (unpaired) electrons. The summed E-state index contributed by atoms with van der Waals surface area (Å²) in [6, 6.07) is 6.49. The van der Waals surface area contributed by atoms with Crippen molar-refractivity contribution in [2.75, 3.05) is 0 Å². The van der Waals surface area contributed by atoms with Crippen LogP contribution in [0.4, 0.5) is 0 Å². The molecular weight excluding hydrogens is 222 g/mol. The second-order valence-electron chi connectivity index (χ2n) is 3.47. The van der Waals surface area contributed by atoms with E-state index in [1.807, 2.05) is 0 Å². The van der Waals surface area contributed by atoms with E-state index in [-0.39, 0.29) is 17.4 Å². The van der Waals surface area contributed by atoms with Gasteiger partial charge in [-0.15, -0.1) is 0 Å². The molecule has 1 aromatic heterocycles. The number of carboxylic acid groups (broad SMARTS) is 1. The zero-order valence-electron chi connectivity index (χ0n) is 9.17. The van der Waals surface area contributed by atoms with E-state index in [1.54, 1.807) is 25.1 Å². The standard InChI is InChI=1S/C12H11NO4/c1-2-8-10(12(15)16)17-11(13-8)7-5-3-4-6-9(7)14/h3-6,14H,2H2,1H3,(H,15,16). The molecule has 0 atom stereocenters. The fourth-order valence-corrected chi connectivity index (χ4v) is 1.53. The van der Waals surface area contributed by atoms with Gasteiger partial charge in [-0.3, -0.25) is 0 Å². The van der Waals surface area contributed by atoms with Gasteiger partial charge in [-0.05, 0) is 18.6 Å². The Morgan fingerprint density at radius 1 is 1.41 bits per heavy atom. The summed E-state index contributed by atoms with van der Waals surface area (Å²) in [5.41, 5.74) is 0.755. The minimum Gasteiger partial charge on any atom is -0.507 e. The fraction of sp³-hybridized carbons (Fsp3) is 0.167. The Morgan fingerprint density at radius 2 is 2.12 bits per heavy atom. The normalized spacial score (nSPS) is 10.4. The maximum absolute atomic E-state index is 10.9. The molecule has 0 spiro atoms. The largest absolute Gasteiger partial charge is 0.507 e. The Morgan fingerprint density at radius 3 is 2.65 bits per heavy atom. The van der Waals surface area contributed by atoms with Crippen LogP contribution in [0.1, 0.15) is 23.2 Å². The summed E-state index contributed by atoms with van der Waals surface area (Å²) in [5, 5.41) is 18.6. The topological polar surface area (TPSA) is 83.6 Å². The van der Waals surface area contributed by atoms with Crippen molar-refractivity contribution in [2.24, 2.45) is 0 Å². The number of carboxylic acids is 1. The van der Waals surface area contributed by atoms with Gasteiger partial charge in [-0.25, -0.2) is 9.78 Å². The van der Waals surface area contributed by atoms with Crippen molar-refractivity contribution < 1.29 is 19.4 Å². The van der Waals surface area contributed by atoms with E-state index >= 15 is 0 Å². The van der Waals surface area contributed by atoms with Gasteiger partial charge in [-0.1, -0.05) is 19.1 Å². The SMILES string of the molecule is CCc1nc(-c2ccccc2O)oc1C(=O)O. The van der Waals surface area contributed by atoms with Crippen LogP contribution in [0.3, 0.4) is 0 Å². The summed E-state index contributed by atoms with van der Waals surface area (Å²) < 4.78 is 5.16. The van der Waals surface area contributed by atoms with Crippen molar-refractivity contribution in [1.82, 2.24) is 4.98 Å². The Kier molecular flexibility index (Phi) is 2.82. The Hall–Kier alpha value is -2.30. The maximum Gasteiger partial charge on any atom is 0.373 e. The first-order valence-electron chi connectivity index (χ1n) is 5.14. The van der Waals surface area contributed by atoms with Crippen LogP contribution in [-0.4, -0.2) is 21.2 Å². The molecule has 0 saturated carbocycles. The highest BCUT2D eigenvalue weighted by Gasteiger charge is 2.20. The maximum atomic E-state index is 10.9. The number of aromatic hydroxyl groups is 1. The molecule has 0 fully saturated rings. The number of aromatic nitrogens is 1. The van der Waals surface area contributed by atoms with Gasteiger partial charge >= 0.3 is 5.97 Å². The molecule has 0 unspecified atom stereocenters. The Balaban J connectivity index is 2.54. The lowest BCUT2D eigenvalue weighted by Gasteiger charge is -1.97. The van der Waals surface area contributed by atoms with Crippen LogP contribution in [0.2, 0.25) is 0 Å². The van der Waals surface area contributed by atoms with Crippen LogP contribution in [-0.2, 0) is 6.42 Å². The zero-order chi connectivity index (χ0) is 12.4. The molecular formula is C12H11NO4. The van der Waals surface area contributed by atoms with E-state index in [0.717, 1.165) is 0 Å². The van der Waals surface area contributed by atoms with Crippen LogP contribution in [0, 0.1) is 0 Å². The van der Waals surface area contributed by atoms with Crippen molar-refractivity contribution >= 4 is 5.97 Å². The predicted molar refractivity (Wildman–Crippen MR) is 59.9 cm³/mol. The van der Waals surface area contributed by atoms with Crippen molar-refractivity contribution in [3.63, 3.8) is 0 Å². The van der Waals surface area contributed by atoms with Gasteiger partial charge in [0.1, 0.15) is 5.75 Å². The van der Waals surface area contributed by atoms with Gasteiger partial charge in [0.2, 0.25) is 11.7 Å². The summed E-state index contributed by atoms with van der Waals surface area (Å²) in [6.07, 6.45) is 0.457. The third kappa shape index (κ3) is 1.99. The van der Waals surface area contributed by atoms with Crippen LogP contribution in [0.25, 0.3) is 11.5 Å². The van der Waals surface area contributed by atoms with E-state index in [2.05, 4.69) is 4.98 Å². The molecule has 2 rings (SSSR count). The number of phenols is 1. The molecule has 0 saturated heterocycles. The number of oxazole rings is 1. The van der Waals surface area contributed by atoms with Gasteiger partial charge < -0.3 is 14.6 Å². The summed E-state index contributed by atoms with van der Waals surface area (Å²) in [7, 11) is 0. The van der Waals surface area contributed by atoms with E-state index in [4.69, 9.17) is 9.52 Å². The van der Waals surface area contributed by atoms with Gasteiger partial charge in [-0.2, -0.15) is 0 Å². The summed E-state index contributed by atoms with van der Waals surface area (Å²) in [6.45, 7) is 1.79. The molecule has 5 nitrogen and oxygen atoms in total. The van der Waals surface area contributed by atoms with Crippen LogP contribution >= 0.6 is 0 Å². The van der Waals surface area contributed by atoms with Crippen molar-refractivity contribution in [2.45, 2.75) is 13.3 Å². The first kappa shape index (κ1) is 11.2. The van der Waals surface area contributed by atoms with Gasteiger partial charge in [0.25, 0.3) is 0 Å². The molecule has 1 heterocycles. The average molecular weight is 233 g/mol. The molecule has 0 aliphatic rings. The summed E-state index contributed by atoms with van der Waals surface area (Å²) >= 11 is 0. The van der Waals surface area contributed by atoms with Crippen molar-refractivity contribution in [3.8, 4) is 17.2 Å². The number of hydrogen-bond donors (Lipinski definition) is 2. The molecule has 88 valence electrons. The number of rotatable bonds is 3. The van der Waals surface area contributed by atoms with Crippen LogP contribution in [0.5, 0.6) is 5.75 Å². The number of carbonyl (C=O) groups is 1. The second-order valence-corrected chi connectivity index (χ2v) is 3.47. The van der Waals surface area contributed by atoms with Crippen LogP contribution in [0.15, 0.2) is 28.7 Å². The molecule has 1 aromatic carbocycles. The minimum absolute atomic E-state index is 0.00772. The average Bonchev–Trinajstić information content (AvgIpc) is 2.73. The Bertz CT molecular complexity index is 559. The highest BCUT2D eigenvalue weighted by molar-refractivity contribution is 5.86. The molecule has 0 amide bonds. The second kappa shape index (κ2) is 4.29. The fourth-order valence-electron chi connectivity index (χ4n) is 1.53. The molecule has 2 aromatic rings. The smallest absolute Gasteiger partial charge is 0.373 e. The number of aryl methyl sites for hydroxylation is 1. The van der Waals surface area contributed by atoms with Crippen molar-refractivity contribution in [3.05, 3.63) is 35.7 Å². The molecule has 2 N–H and O–H groups in total.